The molecule has 0 spiro atoms. The van der Waals surface area contributed by atoms with Crippen LogP contribution in [0.2, 0.25) is 0 Å². The zero-order valence-corrected chi connectivity index (χ0v) is 9.85. The lowest BCUT2D eigenvalue weighted by molar-refractivity contribution is 0.552. The number of fused-ring (bicyclic) bond motifs is 1. The topological polar surface area (TPSA) is 30.2 Å². The van der Waals surface area contributed by atoms with Gasteiger partial charge in [-0.2, -0.15) is 0 Å². The van der Waals surface area contributed by atoms with E-state index in [1.165, 1.54) is 18.2 Å². The largest absolute Gasteiger partial charge is 0.421 e. The number of hydrogen-bond acceptors (Lipinski definition) is 2. The molecule has 5 heteroatoms. The average molecular weight is 322 g/mol. The van der Waals surface area contributed by atoms with Crippen molar-refractivity contribution in [3.8, 4) is 0 Å². The Bertz CT molecular complexity index is 562. The zero-order chi connectivity index (χ0) is 10.3. The van der Waals surface area contributed by atoms with Crippen molar-refractivity contribution in [2.45, 2.75) is 0 Å². The van der Waals surface area contributed by atoms with Crippen molar-refractivity contribution < 1.29 is 8.81 Å². The van der Waals surface area contributed by atoms with Crippen LogP contribution < -0.4 is 5.63 Å². The predicted octanol–water partition coefficient (Wildman–Crippen LogP) is 3.46. The Morgan fingerprint density at radius 2 is 1.86 bits per heavy atom. The molecule has 0 aliphatic heterocycles. The monoisotopic (exact) mass is 320 g/mol. The van der Waals surface area contributed by atoms with Gasteiger partial charge in [0, 0.05) is 5.39 Å². The maximum absolute atomic E-state index is 13.0. The third-order valence-corrected chi connectivity index (χ3v) is 2.85. The average Bonchev–Trinajstić information content (AvgIpc) is 2.08. The van der Waals surface area contributed by atoms with Gasteiger partial charge in [-0.15, -0.1) is 0 Å². The number of halogens is 3. The number of benzene rings is 1. The van der Waals surface area contributed by atoms with Gasteiger partial charge >= 0.3 is 5.63 Å². The Hall–Kier alpha value is -0.680. The fourth-order valence-electron chi connectivity index (χ4n) is 1.13. The summed E-state index contributed by atoms with van der Waals surface area (Å²) in [5.74, 6) is -0.384. The van der Waals surface area contributed by atoms with Gasteiger partial charge in [-0.3, -0.25) is 0 Å². The summed E-state index contributed by atoms with van der Waals surface area (Å²) in [6.07, 6.45) is 0. The van der Waals surface area contributed by atoms with Gasteiger partial charge in [0.1, 0.15) is 10.3 Å². The summed E-state index contributed by atoms with van der Waals surface area (Å²) < 4.78 is 18.6. The maximum atomic E-state index is 13.0. The van der Waals surface area contributed by atoms with Gasteiger partial charge in [-0.1, -0.05) is 0 Å². The van der Waals surface area contributed by atoms with E-state index in [4.69, 9.17) is 4.42 Å². The third-order valence-electron chi connectivity index (χ3n) is 1.71. The Kier molecular flexibility index (Phi) is 2.45. The number of rotatable bonds is 0. The highest BCUT2D eigenvalue weighted by molar-refractivity contribution is 9.11. The quantitative estimate of drug-likeness (QED) is 0.696. The van der Waals surface area contributed by atoms with Crippen LogP contribution in [0.1, 0.15) is 0 Å². The van der Waals surface area contributed by atoms with Crippen LogP contribution in [0.4, 0.5) is 4.39 Å². The van der Waals surface area contributed by atoms with Crippen LogP contribution in [0.5, 0.6) is 0 Å². The van der Waals surface area contributed by atoms with E-state index in [-0.39, 0.29) is 10.3 Å². The molecule has 14 heavy (non-hydrogen) atoms. The van der Waals surface area contributed by atoms with Gasteiger partial charge in [0.15, 0.2) is 5.58 Å². The highest BCUT2D eigenvalue weighted by Crippen LogP contribution is 2.25. The van der Waals surface area contributed by atoms with Crippen LogP contribution in [0.15, 0.2) is 36.4 Å². The van der Waals surface area contributed by atoms with E-state index in [0.29, 0.717) is 15.4 Å². The minimum Gasteiger partial charge on any atom is -0.421 e. The van der Waals surface area contributed by atoms with Crippen LogP contribution in [0.25, 0.3) is 11.0 Å². The molecule has 1 heterocycles. The number of hydrogen-bond donors (Lipinski definition) is 0. The lowest BCUT2D eigenvalue weighted by Gasteiger charge is -1.99. The van der Waals surface area contributed by atoms with Crippen molar-refractivity contribution in [3.05, 3.63) is 43.4 Å². The molecule has 72 valence electrons. The van der Waals surface area contributed by atoms with Crippen LogP contribution >= 0.6 is 31.9 Å². The van der Waals surface area contributed by atoms with E-state index in [2.05, 4.69) is 31.9 Å². The molecule has 0 atom stereocenters. The van der Waals surface area contributed by atoms with E-state index in [1.807, 2.05) is 0 Å². The molecule has 2 aromatic rings. The molecule has 1 aromatic carbocycles. The first-order valence-corrected chi connectivity index (χ1v) is 5.25. The van der Waals surface area contributed by atoms with Crippen molar-refractivity contribution in [1.82, 2.24) is 0 Å². The van der Waals surface area contributed by atoms with E-state index in [9.17, 15) is 9.18 Å². The Labute approximate surface area is 95.0 Å². The SMILES string of the molecule is O=c1oc2c(Br)cc(F)cc2cc1Br. The van der Waals surface area contributed by atoms with Crippen molar-refractivity contribution >= 4 is 42.8 Å². The van der Waals surface area contributed by atoms with Crippen LogP contribution in [0, 0.1) is 5.82 Å². The first-order chi connectivity index (χ1) is 6.58. The van der Waals surface area contributed by atoms with Crippen molar-refractivity contribution in [3.63, 3.8) is 0 Å². The second-order valence-electron chi connectivity index (χ2n) is 2.69. The Morgan fingerprint density at radius 1 is 1.14 bits per heavy atom. The molecule has 0 fully saturated rings. The summed E-state index contributed by atoms with van der Waals surface area (Å²) in [6, 6.07) is 4.07. The molecule has 0 unspecified atom stereocenters. The molecule has 0 saturated heterocycles. The Morgan fingerprint density at radius 3 is 2.57 bits per heavy atom. The molecule has 2 rings (SSSR count). The smallest absolute Gasteiger partial charge is 0.350 e. The summed E-state index contributed by atoms with van der Waals surface area (Å²) in [5.41, 5.74) is -0.135. The fourth-order valence-corrected chi connectivity index (χ4v) is 1.99. The summed E-state index contributed by atoms with van der Waals surface area (Å²) in [6.45, 7) is 0. The summed E-state index contributed by atoms with van der Waals surface area (Å²) >= 11 is 6.14. The molecule has 0 radical (unpaired) electrons. The van der Waals surface area contributed by atoms with E-state index in [1.54, 1.807) is 0 Å². The standard InChI is InChI=1S/C9H3Br2FO2/c10-6-3-5(12)1-4-2-7(11)9(13)14-8(4)6/h1-3H. The van der Waals surface area contributed by atoms with E-state index in [0.717, 1.165) is 0 Å². The van der Waals surface area contributed by atoms with E-state index < -0.39 is 5.63 Å². The molecule has 0 saturated carbocycles. The van der Waals surface area contributed by atoms with Gasteiger partial charge in [0.05, 0.1) is 4.47 Å². The predicted molar refractivity (Wildman–Crippen MR) is 57.8 cm³/mol. The molecule has 0 N–H and O–H groups in total. The molecule has 2 nitrogen and oxygen atoms in total. The summed E-state index contributed by atoms with van der Waals surface area (Å²) in [7, 11) is 0. The summed E-state index contributed by atoms with van der Waals surface area (Å²) in [5, 5.41) is 0.531. The van der Waals surface area contributed by atoms with Crippen molar-refractivity contribution in [2.75, 3.05) is 0 Å². The summed E-state index contributed by atoms with van der Waals surface area (Å²) in [4.78, 5) is 11.1. The van der Waals surface area contributed by atoms with Gasteiger partial charge in [0.2, 0.25) is 0 Å². The molecular formula is C9H3Br2FO2. The normalized spacial score (nSPS) is 10.8. The van der Waals surface area contributed by atoms with Crippen LogP contribution in [-0.4, -0.2) is 0 Å². The van der Waals surface area contributed by atoms with Gasteiger partial charge < -0.3 is 4.42 Å². The lowest BCUT2D eigenvalue weighted by atomic mass is 10.2. The van der Waals surface area contributed by atoms with Crippen LogP contribution in [0.3, 0.4) is 0 Å². The van der Waals surface area contributed by atoms with Gasteiger partial charge in [-0.25, -0.2) is 9.18 Å². The molecule has 0 aliphatic carbocycles. The molecule has 0 aliphatic rings. The third kappa shape index (κ3) is 1.62. The van der Waals surface area contributed by atoms with Gasteiger partial charge in [0.25, 0.3) is 0 Å². The highest BCUT2D eigenvalue weighted by Gasteiger charge is 2.07. The minimum atomic E-state index is -0.482. The molecular weight excluding hydrogens is 319 g/mol. The lowest BCUT2D eigenvalue weighted by Crippen LogP contribution is -1.99. The second-order valence-corrected chi connectivity index (χ2v) is 4.40. The first-order valence-electron chi connectivity index (χ1n) is 3.66. The maximum Gasteiger partial charge on any atom is 0.350 e. The molecule has 1 aromatic heterocycles. The van der Waals surface area contributed by atoms with Crippen LogP contribution in [-0.2, 0) is 0 Å². The minimum absolute atomic E-state index is 0.280. The molecule has 0 amide bonds. The second kappa shape index (κ2) is 3.47. The van der Waals surface area contributed by atoms with E-state index >= 15 is 0 Å². The first kappa shape index (κ1) is 9.86. The molecule has 0 bridgehead atoms. The van der Waals surface area contributed by atoms with Crippen molar-refractivity contribution in [1.29, 1.82) is 0 Å². The van der Waals surface area contributed by atoms with Crippen molar-refractivity contribution in [2.24, 2.45) is 0 Å². The van der Waals surface area contributed by atoms with Gasteiger partial charge in [-0.05, 0) is 50.1 Å². The Balaban J connectivity index is 2.96. The fraction of sp³-hybridized carbons (Fsp3) is 0. The zero-order valence-electron chi connectivity index (χ0n) is 6.68. The highest BCUT2D eigenvalue weighted by atomic mass is 79.9.